The Kier molecular flexibility index (Phi) is 1.81. The molecule has 0 bridgehead atoms. The number of aromatic amines is 2. The third-order valence-electron chi connectivity index (χ3n) is 1.70. The molecule has 0 aliphatic carbocycles. The fourth-order valence-electron chi connectivity index (χ4n) is 1.05. The average molecular weight is 201 g/mol. The van der Waals surface area contributed by atoms with Crippen LogP contribution in [0.2, 0.25) is 0 Å². The van der Waals surface area contributed by atoms with Gasteiger partial charge in [0.25, 0.3) is 5.56 Å². The Balaban J connectivity index is 2.71. The van der Waals surface area contributed by atoms with Gasteiger partial charge in [-0.2, -0.15) is 15.5 Å². The molecule has 0 aromatic carbocycles. The highest BCUT2D eigenvalue weighted by atomic mass is 16.1. The Morgan fingerprint density at radius 2 is 2.13 bits per heavy atom. The van der Waals surface area contributed by atoms with Crippen LogP contribution in [0, 0.1) is 22.9 Å². The summed E-state index contributed by atoms with van der Waals surface area (Å²) in [6.45, 7) is 0. The minimum Gasteiger partial charge on any atom is -0.339 e. The number of hydrogen-bond donors (Lipinski definition) is 2. The van der Waals surface area contributed by atoms with Gasteiger partial charge in [0.05, 0.1) is 6.33 Å². The van der Waals surface area contributed by atoms with Crippen molar-refractivity contribution in [2.24, 2.45) is 0 Å². The van der Waals surface area contributed by atoms with E-state index in [1.54, 1.807) is 12.4 Å². The SMILES string of the molecule is N#CN(C#N)c1nc2nc[nH]c2c(=O)[nH]1. The normalized spacial score (nSPS) is 9.47. The first-order valence-corrected chi connectivity index (χ1v) is 3.79. The lowest BCUT2D eigenvalue weighted by molar-refractivity contribution is 1.08. The van der Waals surface area contributed by atoms with Gasteiger partial charge in [0.1, 0.15) is 0 Å². The maximum Gasteiger partial charge on any atom is 0.278 e. The Morgan fingerprint density at radius 1 is 1.40 bits per heavy atom. The number of H-pyrrole nitrogens is 2. The quantitative estimate of drug-likeness (QED) is 0.469. The van der Waals surface area contributed by atoms with Crippen molar-refractivity contribution in [3.63, 3.8) is 0 Å². The van der Waals surface area contributed by atoms with Gasteiger partial charge < -0.3 is 4.98 Å². The number of hydrogen-bond acceptors (Lipinski definition) is 6. The molecule has 0 saturated carbocycles. The summed E-state index contributed by atoms with van der Waals surface area (Å²) in [6.07, 6.45) is 4.41. The molecule has 15 heavy (non-hydrogen) atoms. The van der Waals surface area contributed by atoms with Crippen molar-refractivity contribution in [2.45, 2.75) is 0 Å². The van der Waals surface area contributed by atoms with Crippen molar-refractivity contribution in [1.82, 2.24) is 19.9 Å². The second-order valence-electron chi connectivity index (χ2n) is 2.53. The van der Waals surface area contributed by atoms with Gasteiger partial charge in [-0.25, -0.2) is 4.98 Å². The van der Waals surface area contributed by atoms with Crippen molar-refractivity contribution < 1.29 is 0 Å². The summed E-state index contributed by atoms with van der Waals surface area (Å²) in [7, 11) is 0. The largest absolute Gasteiger partial charge is 0.339 e. The minimum absolute atomic E-state index is 0.149. The molecule has 0 fully saturated rings. The summed E-state index contributed by atoms with van der Waals surface area (Å²) >= 11 is 0. The van der Waals surface area contributed by atoms with Gasteiger partial charge >= 0.3 is 0 Å². The molecule has 0 aliphatic rings. The van der Waals surface area contributed by atoms with Crippen LogP contribution in [0.5, 0.6) is 0 Å². The molecule has 72 valence electrons. The van der Waals surface area contributed by atoms with Crippen molar-refractivity contribution in [3.05, 3.63) is 16.7 Å². The maximum absolute atomic E-state index is 11.4. The lowest BCUT2D eigenvalue weighted by atomic mass is 10.5. The van der Waals surface area contributed by atoms with E-state index in [9.17, 15) is 4.79 Å². The van der Waals surface area contributed by atoms with E-state index in [1.807, 2.05) is 0 Å². The Bertz CT molecular complexity index is 626. The van der Waals surface area contributed by atoms with Gasteiger partial charge in [-0.05, 0) is 0 Å². The molecule has 8 heteroatoms. The van der Waals surface area contributed by atoms with E-state index >= 15 is 0 Å². The number of nitrogens with one attached hydrogen (secondary N) is 2. The fraction of sp³-hybridized carbons (Fsp3) is 0. The van der Waals surface area contributed by atoms with Crippen molar-refractivity contribution in [3.8, 4) is 12.4 Å². The molecule has 0 amide bonds. The summed E-state index contributed by atoms with van der Waals surface area (Å²) in [4.78, 5) is 24.4. The molecule has 0 saturated heterocycles. The Hall–Kier alpha value is -2.87. The lowest BCUT2D eigenvalue weighted by Crippen LogP contribution is -2.18. The van der Waals surface area contributed by atoms with Gasteiger partial charge in [0.2, 0.25) is 18.3 Å². The second kappa shape index (κ2) is 3.12. The Morgan fingerprint density at radius 3 is 2.80 bits per heavy atom. The van der Waals surface area contributed by atoms with Crippen molar-refractivity contribution in [2.75, 3.05) is 4.90 Å². The van der Waals surface area contributed by atoms with E-state index in [4.69, 9.17) is 10.5 Å². The molecule has 0 spiro atoms. The molecule has 2 heterocycles. The zero-order valence-electron chi connectivity index (χ0n) is 7.22. The molecule has 8 nitrogen and oxygen atoms in total. The molecular formula is C7H3N7O. The molecule has 2 rings (SSSR count). The highest BCUT2D eigenvalue weighted by Crippen LogP contribution is 2.06. The highest BCUT2D eigenvalue weighted by Gasteiger charge is 2.11. The summed E-state index contributed by atoms with van der Waals surface area (Å²) in [6, 6.07) is 0. The monoisotopic (exact) mass is 201 g/mol. The first kappa shape index (κ1) is 8.72. The fourth-order valence-corrected chi connectivity index (χ4v) is 1.05. The number of nitriles is 2. The van der Waals surface area contributed by atoms with E-state index in [2.05, 4.69) is 19.9 Å². The second-order valence-corrected chi connectivity index (χ2v) is 2.53. The van der Waals surface area contributed by atoms with Gasteiger partial charge in [0, 0.05) is 0 Å². The standard InChI is InChI=1S/C7H3N7O/c8-1-14(2-9)7-12-5-4(6(15)13-7)10-3-11-5/h3H,(H2,10,11,12,13,15). The van der Waals surface area contributed by atoms with Crippen LogP contribution in [0.1, 0.15) is 0 Å². The van der Waals surface area contributed by atoms with E-state index in [0.29, 0.717) is 4.90 Å². The van der Waals surface area contributed by atoms with Gasteiger partial charge in [-0.1, -0.05) is 0 Å². The van der Waals surface area contributed by atoms with E-state index < -0.39 is 5.56 Å². The first-order valence-electron chi connectivity index (χ1n) is 3.79. The Labute approximate surface area is 82.4 Å². The van der Waals surface area contributed by atoms with Crippen LogP contribution in [0.4, 0.5) is 5.95 Å². The maximum atomic E-state index is 11.4. The molecule has 2 N–H and O–H groups in total. The van der Waals surface area contributed by atoms with Crippen LogP contribution in [0.25, 0.3) is 11.2 Å². The number of nitrogens with zero attached hydrogens (tertiary/aromatic N) is 5. The van der Waals surface area contributed by atoms with Crippen LogP contribution in [0.3, 0.4) is 0 Å². The zero-order valence-corrected chi connectivity index (χ0v) is 7.22. The van der Waals surface area contributed by atoms with E-state index in [0.717, 1.165) is 0 Å². The predicted molar refractivity (Wildman–Crippen MR) is 48.2 cm³/mol. The van der Waals surface area contributed by atoms with Gasteiger partial charge in [0.15, 0.2) is 11.2 Å². The summed E-state index contributed by atoms with van der Waals surface area (Å²) < 4.78 is 0. The number of imidazole rings is 1. The molecule has 2 aromatic rings. The number of aromatic nitrogens is 4. The zero-order chi connectivity index (χ0) is 10.8. The highest BCUT2D eigenvalue weighted by molar-refractivity contribution is 5.70. The number of fused-ring (bicyclic) bond motifs is 1. The van der Waals surface area contributed by atoms with Crippen LogP contribution in [-0.4, -0.2) is 19.9 Å². The topological polar surface area (TPSA) is 125 Å². The smallest absolute Gasteiger partial charge is 0.278 e. The third-order valence-corrected chi connectivity index (χ3v) is 1.70. The molecular weight excluding hydrogens is 198 g/mol. The molecule has 0 radical (unpaired) electrons. The molecule has 2 aromatic heterocycles. The molecule has 0 unspecified atom stereocenters. The molecule has 0 atom stereocenters. The van der Waals surface area contributed by atoms with E-state index in [-0.39, 0.29) is 17.1 Å². The van der Waals surface area contributed by atoms with Crippen molar-refractivity contribution >= 4 is 17.1 Å². The van der Waals surface area contributed by atoms with Crippen LogP contribution in [0.15, 0.2) is 11.1 Å². The van der Waals surface area contributed by atoms with Crippen molar-refractivity contribution in [1.29, 1.82) is 10.5 Å². The van der Waals surface area contributed by atoms with E-state index in [1.165, 1.54) is 6.33 Å². The van der Waals surface area contributed by atoms with Gasteiger partial charge in [-0.15, -0.1) is 4.90 Å². The molecule has 0 aliphatic heterocycles. The summed E-state index contributed by atoms with van der Waals surface area (Å²) in [5, 5.41) is 17.1. The van der Waals surface area contributed by atoms with Gasteiger partial charge in [-0.3, -0.25) is 9.78 Å². The third kappa shape index (κ3) is 1.26. The van der Waals surface area contributed by atoms with Crippen LogP contribution in [-0.2, 0) is 0 Å². The van der Waals surface area contributed by atoms with Crippen LogP contribution < -0.4 is 10.5 Å². The minimum atomic E-state index is -0.483. The predicted octanol–water partition coefficient (Wildman–Crippen LogP) is -0.585. The lowest BCUT2D eigenvalue weighted by Gasteiger charge is -2.01. The average Bonchev–Trinajstić information content (AvgIpc) is 2.68. The number of anilines is 1. The van der Waals surface area contributed by atoms with Crippen LogP contribution >= 0.6 is 0 Å². The summed E-state index contributed by atoms with van der Waals surface area (Å²) in [5.41, 5.74) is -0.123. The summed E-state index contributed by atoms with van der Waals surface area (Å²) in [5.74, 6) is -0.149. The number of rotatable bonds is 1. The first-order chi connectivity index (χ1) is 7.26.